The van der Waals surface area contributed by atoms with Crippen molar-refractivity contribution in [1.82, 2.24) is 9.97 Å². The molecule has 2 rings (SSSR count). The molecular weight excluding hydrogens is 242 g/mol. The minimum atomic E-state index is -0.347. The van der Waals surface area contributed by atoms with Gasteiger partial charge in [-0.15, -0.1) is 0 Å². The quantitative estimate of drug-likeness (QED) is 0.865. The number of halogens is 1. The molecule has 17 heavy (non-hydrogen) atoms. The molecule has 2 N–H and O–H groups in total. The van der Waals surface area contributed by atoms with E-state index in [1.54, 1.807) is 0 Å². The third-order valence-corrected chi connectivity index (χ3v) is 3.23. The van der Waals surface area contributed by atoms with Crippen LogP contribution in [0.4, 0.5) is 5.82 Å². The Morgan fingerprint density at radius 1 is 1.47 bits per heavy atom. The van der Waals surface area contributed by atoms with Crippen LogP contribution in [0.3, 0.4) is 0 Å². The zero-order valence-electron chi connectivity index (χ0n) is 9.69. The summed E-state index contributed by atoms with van der Waals surface area (Å²) in [5.41, 5.74) is 0. The van der Waals surface area contributed by atoms with Gasteiger partial charge in [-0.25, -0.2) is 4.98 Å². The fourth-order valence-corrected chi connectivity index (χ4v) is 2.15. The van der Waals surface area contributed by atoms with Gasteiger partial charge in [0.2, 0.25) is 0 Å². The molecule has 2 atom stereocenters. The third-order valence-electron chi connectivity index (χ3n) is 2.96. The molecule has 0 aromatic carbocycles. The predicted molar refractivity (Wildman–Crippen MR) is 65.5 cm³/mol. The number of aromatic nitrogens is 2. The number of nitrogens with zero attached hydrogens (tertiary/aromatic N) is 2. The van der Waals surface area contributed by atoms with Crippen molar-refractivity contribution in [3.05, 3.63) is 11.2 Å². The molecule has 0 radical (unpaired) electrons. The van der Waals surface area contributed by atoms with Gasteiger partial charge in [0, 0.05) is 0 Å². The third kappa shape index (κ3) is 2.98. The lowest BCUT2D eigenvalue weighted by Crippen LogP contribution is -2.36. The van der Waals surface area contributed by atoms with Crippen molar-refractivity contribution >= 4 is 17.4 Å². The van der Waals surface area contributed by atoms with E-state index in [0.717, 1.165) is 25.7 Å². The van der Waals surface area contributed by atoms with E-state index in [1.807, 2.05) is 0 Å². The minimum absolute atomic E-state index is 0.000793. The molecule has 0 saturated heterocycles. The average Bonchev–Trinajstić information content (AvgIpc) is 2.35. The topological polar surface area (TPSA) is 67.3 Å². The van der Waals surface area contributed by atoms with Crippen LogP contribution in [-0.4, -0.2) is 34.3 Å². The second kappa shape index (κ2) is 5.51. The van der Waals surface area contributed by atoms with E-state index in [-0.39, 0.29) is 18.2 Å². The smallest absolute Gasteiger partial charge is 0.318 e. The molecule has 1 aliphatic rings. The molecule has 1 aromatic rings. The molecule has 0 bridgehead atoms. The Labute approximate surface area is 105 Å². The Morgan fingerprint density at radius 2 is 2.24 bits per heavy atom. The van der Waals surface area contributed by atoms with Crippen LogP contribution in [-0.2, 0) is 0 Å². The molecule has 2 unspecified atom stereocenters. The summed E-state index contributed by atoms with van der Waals surface area (Å²) >= 11 is 6.00. The second-order valence-corrected chi connectivity index (χ2v) is 4.56. The molecule has 6 heteroatoms. The van der Waals surface area contributed by atoms with Crippen LogP contribution in [0.1, 0.15) is 25.7 Å². The molecule has 0 spiro atoms. The van der Waals surface area contributed by atoms with E-state index < -0.39 is 0 Å². The summed E-state index contributed by atoms with van der Waals surface area (Å²) in [6, 6.07) is 0.267. The van der Waals surface area contributed by atoms with E-state index in [1.165, 1.54) is 13.3 Å². The van der Waals surface area contributed by atoms with Gasteiger partial charge in [0.05, 0.1) is 25.5 Å². The Morgan fingerprint density at radius 3 is 2.94 bits per heavy atom. The van der Waals surface area contributed by atoms with Gasteiger partial charge < -0.3 is 15.2 Å². The number of ether oxygens (including phenoxy) is 1. The molecule has 0 aliphatic heterocycles. The summed E-state index contributed by atoms with van der Waals surface area (Å²) < 4.78 is 4.94. The van der Waals surface area contributed by atoms with Gasteiger partial charge in [-0.2, -0.15) is 4.98 Å². The number of hydrogen-bond acceptors (Lipinski definition) is 5. The van der Waals surface area contributed by atoms with Gasteiger partial charge in [0.25, 0.3) is 0 Å². The van der Waals surface area contributed by atoms with Gasteiger partial charge in [-0.1, -0.05) is 24.4 Å². The SMILES string of the molecule is COc1ncc(Cl)c(NC2CCCCC2O)n1. The van der Waals surface area contributed by atoms with Crippen molar-refractivity contribution in [1.29, 1.82) is 0 Å². The van der Waals surface area contributed by atoms with Crippen LogP contribution in [0.15, 0.2) is 6.20 Å². The van der Waals surface area contributed by atoms with Crippen LogP contribution in [0.2, 0.25) is 5.02 Å². The first-order chi connectivity index (χ1) is 8.20. The van der Waals surface area contributed by atoms with Gasteiger partial charge in [0.15, 0.2) is 5.82 Å². The van der Waals surface area contributed by atoms with Crippen LogP contribution in [0.25, 0.3) is 0 Å². The maximum absolute atomic E-state index is 9.87. The Bertz CT molecular complexity index is 389. The summed E-state index contributed by atoms with van der Waals surface area (Å²) in [4.78, 5) is 8.03. The first kappa shape index (κ1) is 12.4. The van der Waals surface area contributed by atoms with Gasteiger partial charge in [0.1, 0.15) is 5.02 Å². The highest BCUT2D eigenvalue weighted by molar-refractivity contribution is 6.32. The van der Waals surface area contributed by atoms with E-state index in [0.29, 0.717) is 10.8 Å². The highest BCUT2D eigenvalue weighted by Crippen LogP contribution is 2.26. The molecule has 1 aromatic heterocycles. The van der Waals surface area contributed by atoms with E-state index in [4.69, 9.17) is 16.3 Å². The number of aliphatic hydroxyl groups excluding tert-OH is 1. The fourth-order valence-electron chi connectivity index (χ4n) is 2.01. The summed E-state index contributed by atoms with van der Waals surface area (Å²) in [7, 11) is 1.50. The first-order valence-corrected chi connectivity index (χ1v) is 6.09. The monoisotopic (exact) mass is 257 g/mol. The highest BCUT2D eigenvalue weighted by atomic mass is 35.5. The van der Waals surface area contributed by atoms with Crippen molar-refractivity contribution in [2.45, 2.75) is 37.8 Å². The second-order valence-electron chi connectivity index (χ2n) is 4.16. The first-order valence-electron chi connectivity index (χ1n) is 5.72. The minimum Gasteiger partial charge on any atom is -0.467 e. The van der Waals surface area contributed by atoms with Gasteiger partial charge in [-0.3, -0.25) is 0 Å². The fraction of sp³-hybridized carbons (Fsp3) is 0.636. The number of aliphatic hydroxyl groups is 1. The summed E-state index contributed by atoms with van der Waals surface area (Å²) in [5.74, 6) is 0.518. The zero-order chi connectivity index (χ0) is 12.3. The number of nitrogens with one attached hydrogen (secondary N) is 1. The van der Waals surface area contributed by atoms with Crippen molar-refractivity contribution in [2.24, 2.45) is 0 Å². The number of methoxy groups -OCH3 is 1. The molecule has 94 valence electrons. The van der Waals surface area contributed by atoms with Crippen LogP contribution < -0.4 is 10.1 Å². The van der Waals surface area contributed by atoms with Crippen LogP contribution in [0, 0.1) is 0 Å². The largest absolute Gasteiger partial charge is 0.467 e. The predicted octanol–water partition coefficient (Wildman–Crippen LogP) is 1.85. The molecule has 1 heterocycles. The maximum atomic E-state index is 9.87. The van der Waals surface area contributed by atoms with Crippen molar-refractivity contribution in [2.75, 3.05) is 12.4 Å². The van der Waals surface area contributed by atoms with E-state index in [9.17, 15) is 5.11 Å². The van der Waals surface area contributed by atoms with Crippen molar-refractivity contribution in [3.8, 4) is 6.01 Å². The number of anilines is 1. The number of hydrogen-bond donors (Lipinski definition) is 2. The Balaban J connectivity index is 2.11. The normalized spacial score (nSPS) is 24.4. The van der Waals surface area contributed by atoms with E-state index >= 15 is 0 Å². The van der Waals surface area contributed by atoms with Crippen LogP contribution >= 0.6 is 11.6 Å². The maximum Gasteiger partial charge on any atom is 0.318 e. The summed E-state index contributed by atoms with van der Waals surface area (Å²) in [5, 5.41) is 13.5. The standard InChI is InChI=1S/C11H16ClN3O2/c1-17-11-13-6-7(12)10(15-11)14-8-4-2-3-5-9(8)16/h6,8-9,16H,2-5H2,1H3,(H,13,14,15). The van der Waals surface area contributed by atoms with Crippen molar-refractivity contribution < 1.29 is 9.84 Å². The average molecular weight is 258 g/mol. The zero-order valence-corrected chi connectivity index (χ0v) is 10.4. The highest BCUT2D eigenvalue weighted by Gasteiger charge is 2.24. The number of rotatable bonds is 3. The molecular formula is C11H16ClN3O2. The van der Waals surface area contributed by atoms with E-state index in [2.05, 4.69) is 15.3 Å². The lowest BCUT2D eigenvalue weighted by Gasteiger charge is -2.28. The molecule has 0 amide bonds. The Hall–Kier alpha value is -1.07. The summed E-state index contributed by atoms with van der Waals surface area (Å²) in [6.45, 7) is 0. The van der Waals surface area contributed by atoms with Crippen LogP contribution in [0.5, 0.6) is 6.01 Å². The lowest BCUT2D eigenvalue weighted by atomic mass is 9.93. The van der Waals surface area contributed by atoms with Gasteiger partial charge in [-0.05, 0) is 12.8 Å². The van der Waals surface area contributed by atoms with Crippen molar-refractivity contribution in [3.63, 3.8) is 0 Å². The molecule has 5 nitrogen and oxygen atoms in total. The molecule has 1 aliphatic carbocycles. The lowest BCUT2D eigenvalue weighted by molar-refractivity contribution is 0.116. The Kier molecular flexibility index (Phi) is 4.02. The van der Waals surface area contributed by atoms with Gasteiger partial charge >= 0.3 is 6.01 Å². The molecule has 1 saturated carbocycles. The summed E-state index contributed by atoms with van der Waals surface area (Å²) in [6.07, 6.45) is 5.06. The molecule has 1 fully saturated rings.